The Labute approximate surface area is 236 Å². The number of amides is 3. The Morgan fingerprint density at radius 3 is 2.12 bits per heavy atom. The molecule has 8 nitrogen and oxygen atoms in total. The fraction of sp³-hybridized carbons (Fsp3) is 0.406. The van der Waals surface area contributed by atoms with E-state index in [0.29, 0.717) is 38.9 Å². The van der Waals surface area contributed by atoms with E-state index in [2.05, 4.69) is 41.0 Å². The number of hydrogen-bond acceptors (Lipinski definition) is 5. The number of hydrogen-bond donors (Lipinski definition) is 4. The molecule has 3 aromatic carbocycles. The number of fused-ring (bicyclic) bond motifs is 1. The molecule has 0 aromatic heterocycles. The number of likely N-dealkylation sites (tertiary alicyclic amines) is 1. The first-order valence-electron chi connectivity index (χ1n) is 14.3. The molecule has 0 unspecified atom stereocenters. The van der Waals surface area contributed by atoms with Crippen molar-refractivity contribution < 1.29 is 14.4 Å². The van der Waals surface area contributed by atoms with Crippen molar-refractivity contribution in [2.24, 2.45) is 23.3 Å². The van der Waals surface area contributed by atoms with Gasteiger partial charge >= 0.3 is 0 Å². The average molecular weight is 544 g/mol. The van der Waals surface area contributed by atoms with E-state index in [1.807, 2.05) is 42.5 Å². The third kappa shape index (κ3) is 7.90. The molecule has 0 radical (unpaired) electrons. The zero-order valence-electron chi connectivity index (χ0n) is 23.1. The van der Waals surface area contributed by atoms with Crippen molar-refractivity contribution in [2.45, 2.75) is 38.1 Å². The van der Waals surface area contributed by atoms with Crippen molar-refractivity contribution in [3.05, 3.63) is 83.9 Å². The Bertz CT molecular complexity index is 1280. The molecule has 0 spiro atoms. The molecule has 3 atom stereocenters. The van der Waals surface area contributed by atoms with Gasteiger partial charge in [-0.3, -0.25) is 14.4 Å². The molecule has 3 amide bonds. The van der Waals surface area contributed by atoms with Gasteiger partial charge in [0.25, 0.3) is 0 Å². The Kier molecular flexibility index (Phi) is 10.7. The molecule has 0 bridgehead atoms. The summed E-state index contributed by atoms with van der Waals surface area (Å²) in [6, 6.07) is 23.7. The van der Waals surface area contributed by atoms with Gasteiger partial charge in [-0.25, -0.2) is 0 Å². The Morgan fingerprint density at radius 1 is 0.775 bits per heavy atom. The van der Waals surface area contributed by atoms with Crippen LogP contribution in [0.2, 0.25) is 0 Å². The van der Waals surface area contributed by atoms with Crippen LogP contribution >= 0.6 is 0 Å². The molecular weight excluding hydrogens is 502 g/mol. The van der Waals surface area contributed by atoms with Crippen molar-refractivity contribution in [1.29, 1.82) is 0 Å². The first-order chi connectivity index (χ1) is 19.5. The predicted molar refractivity (Wildman–Crippen MR) is 158 cm³/mol. The van der Waals surface area contributed by atoms with E-state index in [1.54, 1.807) is 4.90 Å². The number of carbonyl (C=O) groups is 3. The van der Waals surface area contributed by atoms with Crippen LogP contribution in [0.4, 0.5) is 0 Å². The van der Waals surface area contributed by atoms with Crippen LogP contribution in [0.5, 0.6) is 0 Å². The molecule has 6 N–H and O–H groups in total. The number of nitrogens with two attached hydrogens (primary N) is 2. The zero-order valence-corrected chi connectivity index (χ0v) is 23.1. The van der Waals surface area contributed by atoms with E-state index in [0.717, 1.165) is 29.4 Å². The first-order valence-corrected chi connectivity index (χ1v) is 14.3. The van der Waals surface area contributed by atoms with Crippen molar-refractivity contribution >= 4 is 28.5 Å². The number of nitrogens with one attached hydrogen (secondary N) is 2. The normalized spacial score (nSPS) is 17.5. The van der Waals surface area contributed by atoms with E-state index in [-0.39, 0.29) is 30.8 Å². The third-order valence-corrected chi connectivity index (χ3v) is 7.67. The van der Waals surface area contributed by atoms with E-state index in [1.165, 1.54) is 5.39 Å². The van der Waals surface area contributed by atoms with Crippen molar-refractivity contribution in [2.75, 3.05) is 32.7 Å². The van der Waals surface area contributed by atoms with E-state index in [9.17, 15) is 14.4 Å². The maximum atomic E-state index is 13.3. The molecule has 1 aliphatic rings. The van der Waals surface area contributed by atoms with Gasteiger partial charge in [-0.05, 0) is 60.5 Å². The highest BCUT2D eigenvalue weighted by Crippen LogP contribution is 2.25. The van der Waals surface area contributed by atoms with Crippen LogP contribution in [0.3, 0.4) is 0 Å². The second-order valence-corrected chi connectivity index (χ2v) is 10.6. The Morgan fingerprint density at radius 2 is 1.43 bits per heavy atom. The summed E-state index contributed by atoms with van der Waals surface area (Å²) in [5.41, 5.74) is 14.1. The summed E-state index contributed by atoms with van der Waals surface area (Å²) < 4.78 is 0. The van der Waals surface area contributed by atoms with E-state index < -0.39 is 17.9 Å². The number of rotatable bonds is 13. The fourth-order valence-corrected chi connectivity index (χ4v) is 5.31. The van der Waals surface area contributed by atoms with Gasteiger partial charge in [0.1, 0.15) is 0 Å². The van der Waals surface area contributed by atoms with Crippen LogP contribution in [0, 0.1) is 11.8 Å². The number of aryl methyl sites for hydroxylation is 1. The summed E-state index contributed by atoms with van der Waals surface area (Å²) in [6.45, 7) is 1.87. The predicted octanol–water partition coefficient (Wildman–Crippen LogP) is 2.39. The molecule has 0 saturated carbocycles. The number of nitrogens with zero attached hydrogens (tertiary/aromatic N) is 1. The number of carbonyl (C=O) groups excluding carboxylic acids is 3. The quantitative estimate of drug-likeness (QED) is 0.246. The molecule has 1 saturated heterocycles. The lowest BCUT2D eigenvalue weighted by Crippen LogP contribution is -2.43. The lowest BCUT2D eigenvalue weighted by atomic mass is 9.94. The third-order valence-electron chi connectivity index (χ3n) is 7.67. The Balaban J connectivity index is 1.36. The highest BCUT2D eigenvalue weighted by Gasteiger charge is 2.44. The van der Waals surface area contributed by atoms with Gasteiger partial charge in [-0.1, -0.05) is 72.8 Å². The summed E-state index contributed by atoms with van der Waals surface area (Å²) in [6.07, 6.45) is 3.44. The van der Waals surface area contributed by atoms with Gasteiger partial charge in [0, 0.05) is 26.2 Å². The molecule has 8 heteroatoms. The first kappa shape index (κ1) is 29.2. The van der Waals surface area contributed by atoms with E-state index >= 15 is 0 Å². The lowest BCUT2D eigenvalue weighted by molar-refractivity contribution is -0.132. The van der Waals surface area contributed by atoms with Crippen molar-refractivity contribution in [3.63, 3.8) is 0 Å². The van der Waals surface area contributed by atoms with E-state index in [4.69, 9.17) is 11.5 Å². The second kappa shape index (κ2) is 14.6. The molecule has 1 fully saturated rings. The van der Waals surface area contributed by atoms with Gasteiger partial charge in [-0.15, -0.1) is 0 Å². The highest BCUT2D eigenvalue weighted by molar-refractivity contribution is 5.91. The maximum absolute atomic E-state index is 13.3. The minimum Gasteiger partial charge on any atom is -0.356 e. The van der Waals surface area contributed by atoms with Crippen LogP contribution in [-0.2, 0) is 27.2 Å². The van der Waals surface area contributed by atoms with Gasteiger partial charge < -0.3 is 27.0 Å². The lowest BCUT2D eigenvalue weighted by Gasteiger charge is -2.21. The van der Waals surface area contributed by atoms with Gasteiger partial charge in [-0.2, -0.15) is 0 Å². The van der Waals surface area contributed by atoms with Crippen LogP contribution < -0.4 is 22.1 Å². The molecule has 212 valence electrons. The maximum Gasteiger partial charge on any atom is 0.239 e. The number of benzene rings is 3. The molecule has 40 heavy (non-hydrogen) atoms. The van der Waals surface area contributed by atoms with Gasteiger partial charge in [0.15, 0.2) is 0 Å². The number of unbranched alkanes of at least 4 members (excludes halogenated alkanes) is 1. The fourth-order valence-electron chi connectivity index (χ4n) is 5.31. The van der Waals surface area contributed by atoms with Crippen LogP contribution in [0.15, 0.2) is 72.8 Å². The summed E-state index contributed by atoms with van der Waals surface area (Å²) in [4.78, 5) is 41.2. The second-order valence-electron chi connectivity index (χ2n) is 10.6. The minimum atomic E-state index is -0.691. The van der Waals surface area contributed by atoms with Crippen LogP contribution in [0.1, 0.15) is 30.4 Å². The van der Waals surface area contributed by atoms with Gasteiger partial charge in [0.05, 0.1) is 17.9 Å². The van der Waals surface area contributed by atoms with Crippen molar-refractivity contribution in [1.82, 2.24) is 15.5 Å². The standard InChI is InChI=1S/C32H41N5O3/c33-17-6-7-18-35-30(38)27-21-37(32(40)29(34)15-13-23-8-2-1-3-9-23)22-28(27)31(39)36-19-16-24-12-14-25-10-4-5-11-26(25)20-24/h1-5,8-12,14,20,27-29H,6-7,13,15-19,21-22,33-34H2,(H,35,38)(H,36,39)/t27-,28-,29+/m1/s1. The summed E-state index contributed by atoms with van der Waals surface area (Å²) in [7, 11) is 0. The summed E-state index contributed by atoms with van der Waals surface area (Å²) in [5, 5.41) is 8.28. The summed E-state index contributed by atoms with van der Waals surface area (Å²) >= 11 is 0. The molecule has 4 rings (SSSR count). The zero-order chi connectivity index (χ0) is 28.3. The summed E-state index contributed by atoms with van der Waals surface area (Å²) in [5.74, 6) is -1.89. The molecule has 1 heterocycles. The van der Waals surface area contributed by atoms with Crippen molar-refractivity contribution in [3.8, 4) is 0 Å². The van der Waals surface area contributed by atoms with Crippen LogP contribution in [-0.4, -0.2) is 61.4 Å². The average Bonchev–Trinajstić information content (AvgIpc) is 3.44. The molecule has 3 aromatic rings. The Hall–Kier alpha value is -3.75. The molecule has 0 aliphatic carbocycles. The topological polar surface area (TPSA) is 131 Å². The molecule has 1 aliphatic heterocycles. The highest BCUT2D eigenvalue weighted by atomic mass is 16.2. The van der Waals surface area contributed by atoms with Crippen LogP contribution in [0.25, 0.3) is 10.8 Å². The smallest absolute Gasteiger partial charge is 0.239 e. The SMILES string of the molecule is NCCCCNC(=O)[C@@H]1CN(C(=O)[C@@H](N)CCc2ccccc2)C[C@H]1C(=O)NCCc1ccc2ccccc2c1. The van der Waals surface area contributed by atoms with Gasteiger partial charge in [0.2, 0.25) is 17.7 Å². The molecular formula is C32H41N5O3. The largest absolute Gasteiger partial charge is 0.356 e. The minimum absolute atomic E-state index is 0.181. The monoisotopic (exact) mass is 543 g/mol.